The normalized spacial score (nSPS) is 14.1. The first-order valence-corrected chi connectivity index (χ1v) is 6.09. The Hall–Kier alpha value is -1.34. The van der Waals surface area contributed by atoms with E-state index in [1.54, 1.807) is 0 Å². The minimum absolute atomic E-state index is 0.430. The van der Waals surface area contributed by atoms with Crippen LogP contribution in [0.2, 0.25) is 0 Å². The summed E-state index contributed by atoms with van der Waals surface area (Å²) in [6.45, 7) is 8.28. The minimum Gasteiger partial charge on any atom is -0.480 e. The van der Waals surface area contributed by atoms with Gasteiger partial charge in [-0.1, -0.05) is 13.8 Å². The number of urea groups is 1. The van der Waals surface area contributed by atoms with Crippen molar-refractivity contribution in [2.45, 2.75) is 32.9 Å². The van der Waals surface area contributed by atoms with Gasteiger partial charge in [-0.2, -0.15) is 0 Å². The summed E-state index contributed by atoms with van der Waals surface area (Å²) in [5, 5.41) is 22.7. The molecule has 0 aromatic heterocycles. The topological polar surface area (TPSA) is 102 Å². The molecule has 0 heterocycles. The Morgan fingerprint density at radius 2 is 1.83 bits per heavy atom. The van der Waals surface area contributed by atoms with E-state index in [0.717, 1.165) is 13.1 Å². The number of carboxylic acids is 1. The number of aliphatic hydroxyl groups excluding tert-OH is 1. The fourth-order valence-corrected chi connectivity index (χ4v) is 1.45. The lowest BCUT2D eigenvalue weighted by atomic mass is 10.2. The fourth-order valence-electron chi connectivity index (χ4n) is 1.45. The number of aliphatic hydroxyl groups is 1. The molecular formula is C11H23N3O4. The number of carbonyl (C=O) groups is 2. The largest absolute Gasteiger partial charge is 0.480 e. The summed E-state index contributed by atoms with van der Waals surface area (Å²) >= 11 is 0. The third-order valence-corrected chi connectivity index (χ3v) is 2.64. The van der Waals surface area contributed by atoms with Crippen molar-refractivity contribution in [1.29, 1.82) is 0 Å². The number of hydrogen-bond acceptors (Lipinski definition) is 4. The maximum atomic E-state index is 11.4. The highest BCUT2D eigenvalue weighted by Gasteiger charge is 2.24. The third kappa shape index (κ3) is 6.41. The summed E-state index contributed by atoms with van der Waals surface area (Å²) in [6.07, 6.45) is -1.14. The van der Waals surface area contributed by atoms with Gasteiger partial charge in [0.1, 0.15) is 0 Å². The van der Waals surface area contributed by atoms with E-state index in [-0.39, 0.29) is 0 Å². The van der Waals surface area contributed by atoms with Gasteiger partial charge in [-0.3, -0.25) is 0 Å². The minimum atomic E-state index is -1.29. The molecule has 2 amide bonds. The summed E-state index contributed by atoms with van der Waals surface area (Å²) in [4.78, 5) is 24.3. The van der Waals surface area contributed by atoms with E-state index < -0.39 is 24.1 Å². The molecule has 0 aromatic carbocycles. The number of amides is 2. The monoisotopic (exact) mass is 261 g/mol. The number of nitrogens with one attached hydrogen (secondary N) is 2. The third-order valence-electron chi connectivity index (χ3n) is 2.64. The Kier molecular flexibility index (Phi) is 8.06. The van der Waals surface area contributed by atoms with Gasteiger partial charge in [0.15, 0.2) is 6.04 Å². The van der Waals surface area contributed by atoms with Gasteiger partial charge in [-0.05, 0) is 20.0 Å². The Morgan fingerprint density at radius 1 is 1.28 bits per heavy atom. The number of hydrogen-bond donors (Lipinski definition) is 4. The zero-order valence-electron chi connectivity index (χ0n) is 11.1. The van der Waals surface area contributed by atoms with Crippen molar-refractivity contribution in [3.8, 4) is 0 Å². The quantitative estimate of drug-likeness (QED) is 0.470. The molecule has 0 radical (unpaired) electrons. The molecule has 0 fully saturated rings. The second kappa shape index (κ2) is 8.71. The molecule has 7 heteroatoms. The van der Waals surface area contributed by atoms with E-state index in [1.165, 1.54) is 6.92 Å². The maximum Gasteiger partial charge on any atom is 0.328 e. The molecule has 0 aliphatic rings. The summed E-state index contributed by atoms with van der Waals surface area (Å²) in [5.41, 5.74) is 0. The second-order valence-electron chi connectivity index (χ2n) is 3.98. The second-order valence-corrected chi connectivity index (χ2v) is 3.98. The number of likely N-dealkylation sites (N-methyl/N-ethyl adjacent to an activating group) is 1. The van der Waals surface area contributed by atoms with Gasteiger partial charge in [-0.15, -0.1) is 0 Å². The number of aliphatic carboxylic acids is 1. The van der Waals surface area contributed by atoms with Gasteiger partial charge >= 0.3 is 12.0 Å². The molecule has 2 atom stereocenters. The summed E-state index contributed by atoms with van der Waals surface area (Å²) in [6, 6.07) is -1.88. The molecule has 0 saturated heterocycles. The first-order valence-electron chi connectivity index (χ1n) is 6.09. The lowest BCUT2D eigenvalue weighted by molar-refractivity contribution is -0.141. The van der Waals surface area contributed by atoms with Crippen LogP contribution in [0.5, 0.6) is 0 Å². The fraction of sp³-hybridized carbons (Fsp3) is 0.818. The van der Waals surface area contributed by atoms with E-state index in [0.29, 0.717) is 13.1 Å². The summed E-state index contributed by atoms with van der Waals surface area (Å²) in [7, 11) is 0. The van der Waals surface area contributed by atoms with Gasteiger partial charge in [0, 0.05) is 13.1 Å². The maximum absolute atomic E-state index is 11.4. The highest BCUT2D eigenvalue weighted by Crippen LogP contribution is 1.92. The molecular weight excluding hydrogens is 238 g/mol. The van der Waals surface area contributed by atoms with Crippen molar-refractivity contribution < 1.29 is 19.8 Å². The molecule has 0 spiro atoms. The Bertz CT molecular complexity index is 267. The summed E-state index contributed by atoms with van der Waals surface area (Å²) in [5.74, 6) is -1.26. The number of nitrogens with zero attached hydrogens (tertiary/aromatic N) is 1. The van der Waals surface area contributed by atoms with Crippen molar-refractivity contribution in [1.82, 2.24) is 15.5 Å². The molecule has 0 aliphatic carbocycles. The van der Waals surface area contributed by atoms with E-state index >= 15 is 0 Å². The smallest absolute Gasteiger partial charge is 0.328 e. The molecule has 2 unspecified atom stereocenters. The van der Waals surface area contributed by atoms with Crippen LogP contribution in [0, 0.1) is 0 Å². The average Bonchev–Trinajstić information content (AvgIpc) is 2.31. The molecule has 18 heavy (non-hydrogen) atoms. The predicted octanol–water partition coefficient (Wildman–Crippen LogP) is -0.539. The number of carboxylic acid groups (broad SMARTS) is 1. The van der Waals surface area contributed by atoms with Crippen LogP contribution in [0.4, 0.5) is 4.79 Å². The van der Waals surface area contributed by atoms with Crippen LogP contribution >= 0.6 is 0 Å². The number of rotatable bonds is 8. The van der Waals surface area contributed by atoms with E-state index in [1.807, 2.05) is 13.8 Å². The highest BCUT2D eigenvalue weighted by molar-refractivity contribution is 5.82. The van der Waals surface area contributed by atoms with E-state index in [4.69, 9.17) is 5.11 Å². The van der Waals surface area contributed by atoms with Crippen molar-refractivity contribution in [2.24, 2.45) is 0 Å². The first kappa shape index (κ1) is 16.7. The lowest BCUT2D eigenvalue weighted by Gasteiger charge is -2.20. The van der Waals surface area contributed by atoms with Crippen LogP contribution < -0.4 is 10.6 Å². The van der Waals surface area contributed by atoms with E-state index in [9.17, 15) is 14.7 Å². The number of carbonyl (C=O) groups excluding carboxylic acids is 1. The van der Waals surface area contributed by atoms with Gasteiger partial charge < -0.3 is 25.7 Å². The molecule has 7 nitrogen and oxygen atoms in total. The molecule has 4 N–H and O–H groups in total. The Labute approximate surface area is 107 Å². The Balaban J connectivity index is 3.99. The molecule has 0 bridgehead atoms. The standard InChI is InChI=1S/C11H23N3O4/c1-4-14(5-2)7-6-12-11(18)13-9(8(3)15)10(16)17/h8-9,15H,4-7H2,1-3H3,(H,16,17)(H2,12,13,18). The van der Waals surface area contributed by atoms with Crippen molar-refractivity contribution in [2.75, 3.05) is 26.2 Å². The molecule has 0 saturated carbocycles. The lowest BCUT2D eigenvalue weighted by Crippen LogP contribution is -2.52. The first-order chi connectivity index (χ1) is 8.42. The predicted molar refractivity (Wildman–Crippen MR) is 67.4 cm³/mol. The summed E-state index contributed by atoms with van der Waals surface area (Å²) < 4.78 is 0. The van der Waals surface area contributed by atoms with Gasteiger partial charge in [0.05, 0.1) is 6.10 Å². The highest BCUT2D eigenvalue weighted by atomic mass is 16.4. The van der Waals surface area contributed by atoms with Crippen LogP contribution in [0.3, 0.4) is 0 Å². The van der Waals surface area contributed by atoms with Crippen LogP contribution in [-0.2, 0) is 4.79 Å². The molecule has 0 rings (SSSR count). The molecule has 106 valence electrons. The van der Waals surface area contributed by atoms with Gasteiger partial charge in [0.25, 0.3) is 0 Å². The zero-order chi connectivity index (χ0) is 14.1. The van der Waals surface area contributed by atoms with Crippen molar-refractivity contribution in [3.63, 3.8) is 0 Å². The van der Waals surface area contributed by atoms with Crippen LogP contribution in [0.25, 0.3) is 0 Å². The van der Waals surface area contributed by atoms with Crippen molar-refractivity contribution in [3.05, 3.63) is 0 Å². The molecule has 0 aromatic rings. The molecule has 0 aliphatic heterocycles. The van der Waals surface area contributed by atoms with Gasteiger partial charge in [-0.25, -0.2) is 9.59 Å². The Morgan fingerprint density at radius 3 is 2.22 bits per heavy atom. The zero-order valence-corrected chi connectivity index (χ0v) is 11.1. The van der Waals surface area contributed by atoms with Gasteiger partial charge in [0.2, 0.25) is 0 Å². The van der Waals surface area contributed by atoms with E-state index in [2.05, 4.69) is 15.5 Å². The van der Waals surface area contributed by atoms with Crippen LogP contribution in [0.15, 0.2) is 0 Å². The van der Waals surface area contributed by atoms with Crippen LogP contribution in [0.1, 0.15) is 20.8 Å². The SMILES string of the molecule is CCN(CC)CCNC(=O)NC(C(=O)O)C(C)O. The van der Waals surface area contributed by atoms with Crippen LogP contribution in [-0.4, -0.2) is 65.4 Å². The average molecular weight is 261 g/mol. The van der Waals surface area contributed by atoms with Crippen molar-refractivity contribution >= 4 is 12.0 Å².